The van der Waals surface area contributed by atoms with E-state index in [0.717, 1.165) is 50.3 Å². The fraction of sp³-hybridized carbons (Fsp3) is 0.500. The molecule has 2 heterocycles. The molecule has 3 aliphatic rings. The molecule has 0 radical (unpaired) electrons. The SMILES string of the molecule is Cc1ccc(C[NH+]2CC[C@@]3(O)CCCC[C@H]3[C@@H]2c2ccc3c(c2)OCO3)cc1. The van der Waals surface area contributed by atoms with E-state index in [9.17, 15) is 5.11 Å². The first-order valence-electron chi connectivity index (χ1n) is 10.6. The van der Waals surface area contributed by atoms with Crippen molar-refractivity contribution in [3.05, 3.63) is 59.2 Å². The predicted molar refractivity (Wildman–Crippen MR) is 108 cm³/mol. The largest absolute Gasteiger partial charge is 0.454 e. The maximum Gasteiger partial charge on any atom is 0.231 e. The van der Waals surface area contributed by atoms with E-state index in [4.69, 9.17) is 9.47 Å². The summed E-state index contributed by atoms with van der Waals surface area (Å²) in [6.45, 7) is 4.43. The number of piperidine rings is 1. The Morgan fingerprint density at radius 3 is 2.71 bits per heavy atom. The maximum absolute atomic E-state index is 11.5. The maximum atomic E-state index is 11.5. The fourth-order valence-corrected chi connectivity index (χ4v) is 5.59. The van der Waals surface area contributed by atoms with Crippen molar-refractivity contribution in [3.63, 3.8) is 0 Å². The number of benzene rings is 2. The molecule has 28 heavy (non-hydrogen) atoms. The Morgan fingerprint density at radius 1 is 1.04 bits per heavy atom. The number of likely N-dealkylation sites (tertiary alicyclic amines) is 1. The van der Waals surface area contributed by atoms with Gasteiger partial charge in [0.1, 0.15) is 12.6 Å². The average molecular weight is 381 g/mol. The van der Waals surface area contributed by atoms with Crippen LogP contribution in [0.15, 0.2) is 42.5 Å². The van der Waals surface area contributed by atoms with Gasteiger partial charge in [-0.15, -0.1) is 0 Å². The second-order valence-corrected chi connectivity index (χ2v) is 8.87. The summed E-state index contributed by atoms with van der Waals surface area (Å²) in [7, 11) is 0. The first-order valence-corrected chi connectivity index (χ1v) is 10.6. The predicted octanol–water partition coefficient (Wildman–Crippen LogP) is 3.17. The van der Waals surface area contributed by atoms with Gasteiger partial charge in [-0.1, -0.05) is 42.7 Å². The van der Waals surface area contributed by atoms with Crippen LogP contribution in [0, 0.1) is 12.8 Å². The van der Waals surface area contributed by atoms with Gasteiger partial charge in [-0.05, 0) is 38.0 Å². The second kappa shape index (κ2) is 7.09. The van der Waals surface area contributed by atoms with Crippen LogP contribution in [0.1, 0.15) is 54.8 Å². The number of hydrogen-bond donors (Lipinski definition) is 2. The number of aryl methyl sites for hydroxylation is 1. The van der Waals surface area contributed by atoms with Crippen LogP contribution >= 0.6 is 0 Å². The van der Waals surface area contributed by atoms with Crippen molar-refractivity contribution in [1.82, 2.24) is 0 Å². The summed E-state index contributed by atoms with van der Waals surface area (Å²) in [6.07, 6.45) is 5.31. The normalized spacial score (nSPS) is 31.4. The molecule has 1 saturated carbocycles. The van der Waals surface area contributed by atoms with Crippen LogP contribution < -0.4 is 14.4 Å². The minimum Gasteiger partial charge on any atom is -0.454 e. The van der Waals surface area contributed by atoms with E-state index in [1.807, 2.05) is 6.07 Å². The molecule has 1 aliphatic carbocycles. The molecule has 5 rings (SSSR count). The third-order valence-electron chi connectivity index (χ3n) is 7.09. The summed E-state index contributed by atoms with van der Waals surface area (Å²) in [5, 5.41) is 11.5. The Labute approximate surface area is 167 Å². The quantitative estimate of drug-likeness (QED) is 0.860. The highest BCUT2D eigenvalue weighted by Gasteiger charge is 2.51. The molecular formula is C24H30NO3+. The zero-order valence-electron chi connectivity index (χ0n) is 16.6. The molecule has 148 valence electrons. The van der Waals surface area contributed by atoms with E-state index >= 15 is 0 Å². The Balaban J connectivity index is 1.50. The van der Waals surface area contributed by atoms with Gasteiger partial charge in [0.05, 0.1) is 12.1 Å². The molecule has 4 nitrogen and oxygen atoms in total. The minimum absolute atomic E-state index is 0.287. The van der Waals surface area contributed by atoms with Gasteiger partial charge < -0.3 is 19.5 Å². The monoisotopic (exact) mass is 380 g/mol. The van der Waals surface area contributed by atoms with Gasteiger partial charge in [-0.2, -0.15) is 0 Å². The minimum atomic E-state index is -0.518. The van der Waals surface area contributed by atoms with Crippen molar-refractivity contribution in [2.45, 2.75) is 57.2 Å². The van der Waals surface area contributed by atoms with Crippen molar-refractivity contribution in [2.24, 2.45) is 5.92 Å². The molecule has 0 aromatic heterocycles. The average Bonchev–Trinajstić information content (AvgIpc) is 3.17. The Kier molecular flexibility index (Phi) is 4.56. The topological polar surface area (TPSA) is 43.1 Å². The molecular weight excluding hydrogens is 350 g/mol. The summed E-state index contributed by atoms with van der Waals surface area (Å²) in [5.74, 6) is 1.98. The van der Waals surface area contributed by atoms with Crippen LogP contribution in [-0.2, 0) is 6.54 Å². The summed E-state index contributed by atoms with van der Waals surface area (Å²) >= 11 is 0. The molecule has 1 unspecified atom stereocenters. The number of ether oxygens (including phenoxy) is 2. The lowest BCUT2D eigenvalue weighted by atomic mass is 9.66. The molecule has 4 heteroatoms. The number of rotatable bonds is 3. The number of hydrogen-bond acceptors (Lipinski definition) is 3. The van der Waals surface area contributed by atoms with E-state index in [1.54, 1.807) is 4.90 Å². The number of aliphatic hydroxyl groups is 1. The molecule has 2 fully saturated rings. The van der Waals surface area contributed by atoms with E-state index in [1.165, 1.54) is 23.1 Å². The first-order chi connectivity index (χ1) is 13.6. The van der Waals surface area contributed by atoms with Crippen LogP contribution in [0.4, 0.5) is 0 Å². The van der Waals surface area contributed by atoms with Gasteiger partial charge in [0.2, 0.25) is 6.79 Å². The van der Waals surface area contributed by atoms with Gasteiger partial charge in [-0.25, -0.2) is 0 Å². The zero-order valence-corrected chi connectivity index (χ0v) is 16.6. The molecule has 0 spiro atoms. The molecule has 2 N–H and O–H groups in total. The molecule has 2 aromatic carbocycles. The van der Waals surface area contributed by atoms with Crippen LogP contribution in [-0.4, -0.2) is 24.0 Å². The van der Waals surface area contributed by atoms with Gasteiger partial charge >= 0.3 is 0 Å². The molecule has 4 atom stereocenters. The van der Waals surface area contributed by atoms with Gasteiger partial charge in [-0.3, -0.25) is 0 Å². The lowest BCUT2D eigenvalue weighted by molar-refractivity contribution is -0.958. The smallest absolute Gasteiger partial charge is 0.231 e. The second-order valence-electron chi connectivity index (χ2n) is 8.87. The first kappa shape index (κ1) is 18.0. The van der Waals surface area contributed by atoms with E-state index in [0.29, 0.717) is 12.7 Å². The van der Waals surface area contributed by atoms with E-state index < -0.39 is 5.60 Å². The molecule has 0 bridgehead atoms. The summed E-state index contributed by atoms with van der Waals surface area (Å²) < 4.78 is 11.2. The van der Waals surface area contributed by atoms with Crippen LogP contribution in [0.2, 0.25) is 0 Å². The standard InChI is InChI=1S/C24H29NO3/c1-17-5-7-18(8-6-17)15-25-13-12-24(26)11-3-2-4-20(24)23(25)19-9-10-21-22(14-19)28-16-27-21/h5-10,14,20,23,26H,2-4,11-13,15-16H2,1H3/p+1/t20-,23-,24-/m0/s1. The highest BCUT2D eigenvalue weighted by molar-refractivity contribution is 5.45. The van der Waals surface area contributed by atoms with Crippen molar-refractivity contribution in [2.75, 3.05) is 13.3 Å². The zero-order chi connectivity index (χ0) is 19.1. The summed E-state index contributed by atoms with van der Waals surface area (Å²) in [4.78, 5) is 1.55. The van der Waals surface area contributed by atoms with Crippen molar-refractivity contribution < 1.29 is 19.5 Å². The Bertz CT molecular complexity index is 849. The lowest BCUT2D eigenvalue weighted by Gasteiger charge is -2.50. The van der Waals surface area contributed by atoms with Crippen LogP contribution in [0.5, 0.6) is 11.5 Å². The molecule has 2 aliphatic heterocycles. The van der Waals surface area contributed by atoms with E-state index in [2.05, 4.69) is 43.3 Å². The highest BCUT2D eigenvalue weighted by atomic mass is 16.7. The Hall–Kier alpha value is -2.04. The van der Waals surface area contributed by atoms with E-state index in [-0.39, 0.29) is 6.04 Å². The van der Waals surface area contributed by atoms with Gasteiger partial charge in [0, 0.05) is 23.5 Å². The van der Waals surface area contributed by atoms with Gasteiger partial charge in [0.15, 0.2) is 11.5 Å². The number of nitrogens with one attached hydrogen (secondary N) is 1. The third kappa shape index (κ3) is 3.19. The third-order valence-corrected chi connectivity index (χ3v) is 7.09. The van der Waals surface area contributed by atoms with Crippen molar-refractivity contribution >= 4 is 0 Å². The van der Waals surface area contributed by atoms with Crippen molar-refractivity contribution in [1.29, 1.82) is 0 Å². The number of quaternary nitrogens is 1. The highest BCUT2D eigenvalue weighted by Crippen LogP contribution is 2.45. The molecule has 0 amide bonds. The van der Waals surface area contributed by atoms with Crippen molar-refractivity contribution in [3.8, 4) is 11.5 Å². The summed E-state index contributed by atoms with van der Waals surface area (Å²) in [6, 6.07) is 15.6. The molecule has 2 aromatic rings. The molecule has 1 saturated heterocycles. The Morgan fingerprint density at radius 2 is 1.86 bits per heavy atom. The number of fused-ring (bicyclic) bond motifs is 2. The lowest BCUT2D eigenvalue weighted by Crippen LogP contribution is -3.13. The summed E-state index contributed by atoms with van der Waals surface area (Å²) in [5.41, 5.74) is 3.42. The fourth-order valence-electron chi connectivity index (χ4n) is 5.59. The van der Waals surface area contributed by atoms with Crippen LogP contribution in [0.3, 0.4) is 0 Å². The van der Waals surface area contributed by atoms with Crippen LogP contribution in [0.25, 0.3) is 0 Å². The van der Waals surface area contributed by atoms with Gasteiger partial charge in [0.25, 0.3) is 0 Å².